The summed E-state index contributed by atoms with van der Waals surface area (Å²) in [5, 5.41) is 0.591. The van der Waals surface area contributed by atoms with Crippen LogP contribution < -0.4 is 4.74 Å². The molecule has 2 aromatic rings. The highest BCUT2D eigenvalue weighted by atomic mass is 35.5. The molecule has 2 saturated heterocycles. The number of rotatable bonds is 6. The summed E-state index contributed by atoms with van der Waals surface area (Å²) in [6.07, 6.45) is 0.109. The summed E-state index contributed by atoms with van der Waals surface area (Å²) in [6.45, 7) is 1.48. The van der Waals surface area contributed by atoms with Gasteiger partial charge < -0.3 is 4.74 Å². The van der Waals surface area contributed by atoms with Crippen molar-refractivity contribution in [3.05, 3.63) is 59.1 Å². The molecule has 2 aliphatic heterocycles. The number of ether oxygens (including phenoxy) is 1. The molecule has 0 spiro atoms. The van der Waals surface area contributed by atoms with Crippen LogP contribution in [0.3, 0.4) is 0 Å². The quantitative estimate of drug-likeness (QED) is 0.591. The SMILES string of the molecule is COc1ccc(S(=O)(=O)N2CCN([C@H]3CC(=O)N(Cc4ccc(Cl)cc4)C3=O)CC2)cc1. The minimum atomic E-state index is -3.64. The van der Waals surface area contributed by atoms with Gasteiger partial charge in [-0.25, -0.2) is 8.42 Å². The van der Waals surface area contributed by atoms with Gasteiger partial charge in [-0.2, -0.15) is 4.31 Å². The van der Waals surface area contributed by atoms with Crippen LogP contribution in [0.25, 0.3) is 0 Å². The van der Waals surface area contributed by atoms with E-state index in [4.69, 9.17) is 16.3 Å². The van der Waals surface area contributed by atoms with Gasteiger partial charge in [0.15, 0.2) is 0 Å². The Morgan fingerprint density at radius 1 is 0.969 bits per heavy atom. The Hall–Kier alpha value is -2.46. The standard InChI is InChI=1S/C22H24ClN3O5S/c1-31-18-6-8-19(9-7-18)32(29,30)25-12-10-24(11-13-25)20-14-21(27)26(22(20)28)15-16-2-4-17(23)5-3-16/h2-9,20H,10-15H2,1H3/t20-/m0/s1. The minimum Gasteiger partial charge on any atom is -0.497 e. The third-order valence-corrected chi connectivity index (χ3v) is 8.05. The number of imide groups is 1. The van der Waals surface area contributed by atoms with Crippen molar-refractivity contribution >= 4 is 33.4 Å². The smallest absolute Gasteiger partial charge is 0.247 e. The van der Waals surface area contributed by atoms with E-state index in [-0.39, 0.29) is 42.8 Å². The minimum absolute atomic E-state index is 0.109. The number of hydrogen-bond donors (Lipinski definition) is 0. The van der Waals surface area contributed by atoms with Crippen LogP contribution in [0.5, 0.6) is 5.75 Å². The molecule has 0 N–H and O–H groups in total. The van der Waals surface area contributed by atoms with E-state index in [2.05, 4.69) is 0 Å². The molecule has 1 atom stereocenters. The van der Waals surface area contributed by atoms with E-state index in [0.29, 0.717) is 23.9 Å². The second-order valence-corrected chi connectivity index (χ2v) is 10.2. The third kappa shape index (κ3) is 4.52. The van der Waals surface area contributed by atoms with E-state index < -0.39 is 16.1 Å². The average molecular weight is 478 g/mol. The number of carbonyl (C=O) groups is 2. The summed E-state index contributed by atoms with van der Waals surface area (Å²) in [5.74, 6) is 0.126. The van der Waals surface area contributed by atoms with Gasteiger partial charge in [0.2, 0.25) is 21.8 Å². The second-order valence-electron chi connectivity index (χ2n) is 7.78. The van der Waals surface area contributed by atoms with Gasteiger partial charge in [0.1, 0.15) is 5.75 Å². The molecule has 0 unspecified atom stereocenters. The number of hydrogen-bond acceptors (Lipinski definition) is 6. The molecule has 8 nitrogen and oxygen atoms in total. The third-order valence-electron chi connectivity index (χ3n) is 5.89. The van der Waals surface area contributed by atoms with E-state index in [1.54, 1.807) is 36.4 Å². The Balaban J connectivity index is 1.39. The molecule has 2 aromatic carbocycles. The van der Waals surface area contributed by atoms with Crippen molar-refractivity contribution in [3.63, 3.8) is 0 Å². The molecule has 170 valence electrons. The van der Waals surface area contributed by atoms with Crippen LogP contribution >= 0.6 is 11.6 Å². The highest BCUT2D eigenvalue weighted by Crippen LogP contribution is 2.25. The van der Waals surface area contributed by atoms with E-state index in [1.165, 1.54) is 28.4 Å². The average Bonchev–Trinajstić information content (AvgIpc) is 3.09. The lowest BCUT2D eigenvalue weighted by Gasteiger charge is -2.36. The molecule has 2 aliphatic rings. The van der Waals surface area contributed by atoms with Crippen LogP contribution in [0.1, 0.15) is 12.0 Å². The largest absolute Gasteiger partial charge is 0.497 e. The number of benzene rings is 2. The van der Waals surface area contributed by atoms with Gasteiger partial charge in [-0.15, -0.1) is 0 Å². The van der Waals surface area contributed by atoms with E-state index in [9.17, 15) is 18.0 Å². The monoisotopic (exact) mass is 477 g/mol. The Kier molecular flexibility index (Phi) is 6.52. The molecule has 4 rings (SSSR count). The maximum absolute atomic E-state index is 12.9. The fraction of sp³-hybridized carbons (Fsp3) is 0.364. The predicted octanol–water partition coefficient (Wildman–Crippen LogP) is 1.98. The summed E-state index contributed by atoms with van der Waals surface area (Å²) >= 11 is 5.90. The molecule has 0 aliphatic carbocycles. The van der Waals surface area contributed by atoms with Gasteiger partial charge >= 0.3 is 0 Å². The molecule has 2 heterocycles. The molecule has 2 fully saturated rings. The number of likely N-dealkylation sites (tertiary alicyclic amines) is 1. The zero-order valence-electron chi connectivity index (χ0n) is 17.6. The lowest BCUT2D eigenvalue weighted by Crippen LogP contribution is -2.53. The first kappa shape index (κ1) is 22.7. The van der Waals surface area contributed by atoms with Crippen molar-refractivity contribution in [1.29, 1.82) is 0 Å². The van der Waals surface area contributed by atoms with Gasteiger partial charge in [0.05, 0.1) is 31.0 Å². The Morgan fingerprint density at radius 2 is 1.59 bits per heavy atom. The molecule has 0 radical (unpaired) electrons. The van der Waals surface area contributed by atoms with Crippen LogP contribution in [0, 0.1) is 0 Å². The molecular formula is C22H24ClN3O5S. The van der Waals surface area contributed by atoms with Crippen molar-refractivity contribution in [3.8, 4) is 5.75 Å². The van der Waals surface area contributed by atoms with E-state index in [0.717, 1.165) is 5.56 Å². The number of halogens is 1. The molecule has 0 bridgehead atoms. The number of carbonyl (C=O) groups excluding carboxylic acids is 2. The summed E-state index contributed by atoms with van der Waals surface area (Å²) in [5.41, 5.74) is 0.826. The highest BCUT2D eigenvalue weighted by molar-refractivity contribution is 7.89. The van der Waals surface area contributed by atoms with Gasteiger partial charge in [-0.05, 0) is 42.0 Å². The lowest BCUT2D eigenvalue weighted by atomic mass is 10.2. The Labute approximate surface area is 192 Å². The highest BCUT2D eigenvalue weighted by Gasteiger charge is 2.43. The fourth-order valence-electron chi connectivity index (χ4n) is 4.04. The zero-order valence-corrected chi connectivity index (χ0v) is 19.2. The van der Waals surface area contributed by atoms with Crippen LogP contribution in [0.4, 0.5) is 0 Å². The number of piperazine rings is 1. The van der Waals surface area contributed by atoms with Crippen LogP contribution in [0.2, 0.25) is 5.02 Å². The summed E-state index contributed by atoms with van der Waals surface area (Å²) in [7, 11) is -2.11. The molecule has 2 amide bonds. The van der Waals surface area contributed by atoms with Crippen molar-refractivity contribution in [2.45, 2.75) is 23.9 Å². The van der Waals surface area contributed by atoms with Gasteiger partial charge in [-0.3, -0.25) is 19.4 Å². The van der Waals surface area contributed by atoms with E-state index in [1.807, 2.05) is 4.90 Å². The Morgan fingerprint density at radius 3 is 2.19 bits per heavy atom. The van der Waals surface area contributed by atoms with Crippen LogP contribution in [0.15, 0.2) is 53.4 Å². The summed E-state index contributed by atoms with van der Waals surface area (Å²) in [4.78, 5) is 28.8. The van der Waals surface area contributed by atoms with E-state index >= 15 is 0 Å². The first-order valence-electron chi connectivity index (χ1n) is 10.3. The van der Waals surface area contributed by atoms with Crippen molar-refractivity contribution in [2.24, 2.45) is 0 Å². The summed E-state index contributed by atoms with van der Waals surface area (Å²) in [6, 6.07) is 12.7. The first-order chi connectivity index (χ1) is 15.3. The number of amides is 2. The number of methoxy groups -OCH3 is 1. The maximum atomic E-state index is 12.9. The molecular weight excluding hydrogens is 454 g/mol. The van der Waals surface area contributed by atoms with Crippen LogP contribution in [-0.4, -0.2) is 73.7 Å². The molecule has 0 saturated carbocycles. The zero-order chi connectivity index (χ0) is 22.9. The fourth-order valence-corrected chi connectivity index (χ4v) is 5.59. The van der Waals surface area contributed by atoms with Crippen molar-refractivity contribution in [2.75, 3.05) is 33.3 Å². The Bertz CT molecular complexity index is 1100. The predicted molar refractivity (Wildman–Crippen MR) is 119 cm³/mol. The lowest BCUT2D eigenvalue weighted by molar-refractivity contribution is -0.140. The number of nitrogens with zero attached hydrogens (tertiary/aromatic N) is 3. The summed E-state index contributed by atoms with van der Waals surface area (Å²) < 4.78 is 32.4. The molecule has 32 heavy (non-hydrogen) atoms. The van der Waals surface area contributed by atoms with Gasteiger partial charge in [0.25, 0.3) is 0 Å². The van der Waals surface area contributed by atoms with Crippen LogP contribution in [-0.2, 0) is 26.2 Å². The maximum Gasteiger partial charge on any atom is 0.247 e. The van der Waals surface area contributed by atoms with Crippen molar-refractivity contribution < 1.29 is 22.7 Å². The molecule has 0 aromatic heterocycles. The number of sulfonamides is 1. The second kappa shape index (κ2) is 9.19. The van der Waals surface area contributed by atoms with Crippen molar-refractivity contribution in [1.82, 2.24) is 14.1 Å². The van der Waals surface area contributed by atoms with Gasteiger partial charge in [-0.1, -0.05) is 23.7 Å². The first-order valence-corrected chi connectivity index (χ1v) is 12.1. The normalized spacial score (nSPS) is 20.7. The topological polar surface area (TPSA) is 87.2 Å². The molecule has 10 heteroatoms. The van der Waals surface area contributed by atoms with Gasteiger partial charge in [0, 0.05) is 31.2 Å².